The van der Waals surface area contributed by atoms with Crippen molar-refractivity contribution in [1.82, 2.24) is 0 Å². The molecule has 5 aromatic rings. The van der Waals surface area contributed by atoms with Gasteiger partial charge in [-0.25, -0.2) is 19.2 Å². The van der Waals surface area contributed by atoms with E-state index in [4.69, 9.17) is 23.8 Å². The summed E-state index contributed by atoms with van der Waals surface area (Å²) in [5.41, 5.74) is 1.59. The van der Waals surface area contributed by atoms with Crippen molar-refractivity contribution < 1.29 is 43.0 Å². The van der Waals surface area contributed by atoms with Gasteiger partial charge in [0.1, 0.15) is 13.2 Å². The maximum atomic E-state index is 13.6. The Labute approximate surface area is 288 Å². The van der Waals surface area contributed by atoms with E-state index in [-0.39, 0.29) is 28.9 Å². The Morgan fingerprint density at radius 1 is 0.500 bits per heavy atom. The molecule has 50 heavy (non-hydrogen) atoms. The molecule has 0 saturated carbocycles. The zero-order valence-corrected chi connectivity index (χ0v) is 26.8. The quantitative estimate of drug-likeness (QED) is 0.0516. The number of ether oxygens (including phenoxy) is 4. The Balaban J connectivity index is 1.51. The van der Waals surface area contributed by atoms with Crippen LogP contribution >= 0.6 is 0 Å². The first kappa shape index (κ1) is 34.8. The number of benzene rings is 5. The summed E-state index contributed by atoms with van der Waals surface area (Å²) in [4.78, 5) is 59.0. The van der Waals surface area contributed by atoms with Gasteiger partial charge < -0.3 is 23.8 Å². The number of carbonyl (C=O) groups is 4. The fourth-order valence-corrected chi connectivity index (χ4v) is 4.65. The first-order chi connectivity index (χ1) is 24.5. The lowest BCUT2D eigenvalue weighted by Crippen LogP contribution is -2.48. The van der Waals surface area contributed by atoms with E-state index in [1.807, 2.05) is 30.3 Å². The van der Waals surface area contributed by atoms with Gasteiger partial charge in [-0.1, -0.05) is 108 Å². The third kappa shape index (κ3) is 10.2. The minimum absolute atomic E-state index is 0.0757. The normalized spacial score (nSPS) is 12.6. The average Bonchev–Trinajstić information content (AvgIpc) is 3.18. The van der Waals surface area contributed by atoms with Gasteiger partial charge in [0.05, 0.1) is 28.5 Å². The van der Waals surface area contributed by atoms with Crippen LogP contribution in [0.3, 0.4) is 0 Å². The van der Waals surface area contributed by atoms with Crippen molar-refractivity contribution in [2.24, 2.45) is 5.16 Å². The van der Waals surface area contributed by atoms with E-state index in [1.54, 1.807) is 97.1 Å². The molecule has 10 heteroatoms. The predicted molar refractivity (Wildman–Crippen MR) is 183 cm³/mol. The number of rotatable bonds is 15. The first-order valence-corrected chi connectivity index (χ1v) is 15.7. The molecule has 0 aliphatic carbocycles. The van der Waals surface area contributed by atoms with Gasteiger partial charge in [0.15, 0.2) is 18.3 Å². The number of nitrogens with zero attached hydrogens (tertiary/aromatic N) is 1. The van der Waals surface area contributed by atoms with E-state index in [0.717, 1.165) is 11.8 Å². The number of hydrogen-bond donors (Lipinski definition) is 0. The second-order valence-corrected chi connectivity index (χ2v) is 10.8. The summed E-state index contributed by atoms with van der Waals surface area (Å²) < 4.78 is 23.3. The van der Waals surface area contributed by atoms with Crippen molar-refractivity contribution in [2.75, 3.05) is 6.61 Å². The number of hydrogen-bond acceptors (Lipinski definition) is 10. The van der Waals surface area contributed by atoms with Crippen molar-refractivity contribution in [3.8, 4) is 0 Å². The van der Waals surface area contributed by atoms with Crippen LogP contribution in [0.5, 0.6) is 0 Å². The lowest BCUT2D eigenvalue weighted by atomic mass is 10.1. The smallest absolute Gasteiger partial charge is 0.338 e. The highest BCUT2D eigenvalue weighted by molar-refractivity contribution is 5.92. The molecule has 0 aromatic heterocycles. The molecule has 0 radical (unpaired) electrons. The summed E-state index contributed by atoms with van der Waals surface area (Å²) in [5, 5.41) is 4.04. The summed E-state index contributed by atoms with van der Waals surface area (Å²) in [5.74, 6) is -3.15. The van der Waals surface area contributed by atoms with Crippen LogP contribution in [-0.4, -0.2) is 55.0 Å². The van der Waals surface area contributed by atoms with Crippen LogP contribution < -0.4 is 0 Å². The maximum absolute atomic E-state index is 13.6. The van der Waals surface area contributed by atoms with Crippen molar-refractivity contribution in [1.29, 1.82) is 0 Å². The fraction of sp³-hybridized carbons (Fsp3) is 0.125. The SMILES string of the molecule is O=C(OCC(OC(=O)c1ccccc1)C(OC(=O)c1ccccc1)C(C=NOCc1ccccc1)OC(=O)c1ccccc1)c1ccccc1. The Kier molecular flexibility index (Phi) is 12.6. The van der Waals surface area contributed by atoms with Crippen molar-refractivity contribution in [3.63, 3.8) is 0 Å². The van der Waals surface area contributed by atoms with Crippen LogP contribution in [0.4, 0.5) is 0 Å². The van der Waals surface area contributed by atoms with Crippen molar-refractivity contribution >= 4 is 30.1 Å². The monoisotopic (exact) mass is 671 g/mol. The molecule has 0 N–H and O–H groups in total. The number of carbonyl (C=O) groups excluding carboxylic acids is 4. The third-order valence-corrected chi connectivity index (χ3v) is 7.21. The summed E-state index contributed by atoms with van der Waals surface area (Å²) in [7, 11) is 0. The number of oxime groups is 1. The van der Waals surface area contributed by atoms with Crippen LogP contribution in [0.15, 0.2) is 157 Å². The van der Waals surface area contributed by atoms with Gasteiger partial charge in [-0.3, -0.25) is 0 Å². The zero-order chi connectivity index (χ0) is 35.0. The van der Waals surface area contributed by atoms with Crippen LogP contribution in [0, 0.1) is 0 Å². The standard InChI is InChI=1S/C40H33NO9/c42-37(30-18-8-2-9-19-30)46-28-35(49-39(44)32-22-12-4-13-23-32)36(50-40(45)33-24-14-5-15-25-33)34(48-38(43)31-20-10-3-11-21-31)26-41-47-27-29-16-6-1-7-17-29/h1-26,34-36H,27-28H2. The molecule has 0 fully saturated rings. The molecule has 0 aliphatic heterocycles. The summed E-state index contributed by atoms with van der Waals surface area (Å²) in [6.45, 7) is -0.511. The van der Waals surface area contributed by atoms with Crippen molar-refractivity contribution in [2.45, 2.75) is 24.9 Å². The van der Waals surface area contributed by atoms with Crippen LogP contribution in [0.25, 0.3) is 0 Å². The van der Waals surface area contributed by atoms with Crippen molar-refractivity contribution in [3.05, 3.63) is 179 Å². The van der Waals surface area contributed by atoms with Crippen LogP contribution in [-0.2, 0) is 30.4 Å². The number of esters is 4. The minimum atomic E-state index is -1.59. The molecule has 3 atom stereocenters. The van der Waals surface area contributed by atoms with E-state index in [0.29, 0.717) is 0 Å². The molecule has 0 heterocycles. The highest BCUT2D eigenvalue weighted by Gasteiger charge is 2.39. The Hall–Kier alpha value is -6.55. The summed E-state index contributed by atoms with van der Waals surface area (Å²) >= 11 is 0. The summed E-state index contributed by atoms with van der Waals surface area (Å²) in [6, 6.07) is 41.7. The Morgan fingerprint density at radius 2 is 0.900 bits per heavy atom. The van der Waals surface area contributed by atoms with Gasteiger partial charge >= 0.3 is 23.9 Å². The lowest BCUT2D eigenvalue weighted by Gasteiger charge is -2.30. The molecule has 0 aliphatic rings. The van der Waals surface area contributed by atoms with Crippen LogP contribution in [0.2, 0.25) is 0 Å². The molecule has 0 bridgehead atoms. The molecule has 0 spiro atoms. The van der Waals surface area contributed by atoms with Gasteiger partial charge in [-0.05, 0) is 54.1 Å². The van der Waals surface area contributed by atoms with Gasteiger partial charge in [-0.15, -0.1) is 0 Å². The Morgan fingerprint density at radius 3 is 1.38 bits per heavy atom. The lowest BCUT2D eigenvalue weighted by molar-refractivity contribution is -0.0863. The molecule has 5 rings (SSSR count). The highest BCUT2D eigenvalue weighted by Crippen LogP contribution is 2.20. The maximum Gasteiger partial charge on any atom is 0.338 e. The summed E-state index contributed by atoms with van der Waals surface area (Å²) in [6.07, 6.45) is -3.46. The molecular weight excluding hydrogens is 638 g/mol. The van der Waals surface area contributed by atoms with Gasteiger partial charge in [-0.2, -0.15) is 0 Å². The first-order valence-electron chi connectivity index (χ1n) is 15.7. The molecule has 252 valence electrons. The topological polar surface area (TPSA) is 127 Å². The van der Waals surface area contributed by atoms with Gasteiger partial charge in [0.25, 0.3) is 0 Å². The second-order valence-electron chi connectivity index (χ2n) is 10.8. The zero-order valence-electron chi connectivity index (χ0n) is 26.8. The fourth-order valence-electron chi connectivity index (χ4n) is 4.65. The molecule has 5 aromatic carbocycles. The predicted octanol–water partition coefficient (Wildman–Crippen LogP) is 6.72. The Bertz CT molecular complexity index is 1850. The average molecular weight is 672 g/mol. The highest BCUT2D eigenvalue weighted by atomic mass is 16.6. The van der Waals surface area contributed by atoms with Crippen LogP contribution in [0.1, 0.15) is 47.0 Å². The van der Waals surface area contributed by atoms with E-state index in [9.17, 15) is 19.2 Å². The third-order valence-electron chi connectivity index (χ3n) is 7.21. The second kappa shape index (κ2) is 18.1. The molecule has 0 saturated heterocycles. The largest absolute Gasteiger partial charge is 0.458 e. The van der Waals surface area contributed by atoms with Gasteiger partial charge in [0, 0.05) is 0 Å². The minimum Gasteiger partial charge on any atom is -0.458 e. The van der Waals surface area contributed by atoms with E-state index in [2.05, 4.69) is 5.16 Å². The van der Waals surface area contributed by atoms with Gasteiger partial charge in [0.2, 0.25) is 0 Å². The van der Waals surface area contributed by atoms with E-state index >= 15 is 0 Å². The molecule has 10 nitrogen and oxygen atoms in total. The molecule has 0 amide bonds. The van der Waals surface area contributed by atoms with E-state index < -0.39 is 48.8 Å². The van der Waals surface area contributed by atoms with E-state index in [1.165, 1.54) is 24.3 Å². The molecule has 3 unspecified atom stereocenters. The molecular formula is C40H33NO9.